The van der Waals surface area contributed by atoms with Crippen LogP contribution in [0.4, 0.5) is 0 Å². The predicted octanol–water partition coefficient (Wildman–Crippen LogP) is 0.0391. The third kappa shape index (κ3) is 4.62. The number of sulfonamides is 1. The summed E-state index contributed by atoms with van der Waals surface area (Å²) in [6.07, 6.45) is 1.31. The van der Waals surface area contributed by atoms with Crippen LogP contribution in [0.5, 0.6) is 0 Å². The molecule has 1 rings (SSSR count). The van der Waals surface area contributed by atoms with Crippen LogP contribution in [0.1, 0.15) is 31.3 Å². The minimum absolute atomic E-state index is 0.0537. The van der Waals surface area contributed by atoms with Gasteiger partial charge in [0, 0.05) is 24.8 Å². The highest BCUT2D eigenvalue weighted by atomic mass is 32.2. The van der Waals surface area contributed by atoms with Crippen LogP contribution in [0.3, 0.4) is 0 Å². The minimum Gasteiger partial charge on any atom is -0.356 e. The molecule has 1 amide bonds. The summed E-state index contributed by atoms with van der Waals surface area (Å²) in [7, 11) is -1.78. The topological polar surface area (TPSA) is 103 Å². The number of H-pyrrole nitrogens is 1. The maximum Gasteiger partial charge on any atom is 0.267 e. The molecular weight excluding hydrogens is 280 g/mol. The molecule has 0 saturated heterocycles. The lowest BCUT2D eigenvalue weighted by Gasteiger charge is -2.10. The largest absolute Gasteiger partial charge is 0.356 e. The number of carbonyl (C=O) groups excluding carboxylic acids is 1. The molecule has 0 saturated carbocycles. The molecule has 0 aromatic carbocycles. The van der Waals surface area contributed by atoms with E-state index in [0.717, 1.165) is 0 Å². The first kappa shape index (κ1) is 16.7. The molecule has 0 radical (unpaired) electrons. The molecule has 114 valence electrons. The van der Waals surface area contributed by atoms with Crippen LogP contribution in [-0.2, 0) is 10.0 Å². The van der Waals surface area contributed by atoms with Gasteiger partial charge in [-0.3, -0.25) is 4.79 Å². The third-order valence-corrected chi connectivity index (χ3v) is 4.30. The minimum atomic E-state index is -3.58. The van der Waals surface area contributed by atoms with E-state index in [9.17, 15) is 13.2 Å². The third-order valence-electron chi connectivity index (χ3n) is 2.66. The first-order chi connectivity index (χ1) is 9.26. The smallest absolute Gasteiger partial charge is 0.267 e. The van der Waals surface area contributed by atoms with Gasteiger partial charge in [0.05, 0.1) is 0 Å². The zero-order valence-electron chi connectivity index (χ0n) is 12.1. The van der Waals surface area contributed by atoms with E-state index in [1.54, 1.807) is 20.9 Å². The number of rotatable bonds is 7. The molecule has 1 atom stereocenters. The molecule has 4 N–H and O–H groups in total. The van der Waals surface area contributed by atoms with Crippen LogP contribution in [0.25, 0.3) is 0 Å². The van der Waals surface area contributed by atoms with Gasteiger partial charge in [-0.15, -0.1) is 0 Å². The normalized spacial score (nSPS) is 13.4. The summed E-state index contributed by atoms with van der Waals surface area (Å²) in [6.45, 7) is 5.85. The monoisotopic (exact) mass is 302 g/mol. The van der Waals surface area contributed by atoms with Gasteiger partial charge in [-0.05, 0) is 33.9 Å². The van der Waals surface area contributed by atoms with Crippen molar-refractivity contribution in [2.24, 2.45) is 0 Å². The van der Waals surface area contributed by atoms with E-state index in [1.165, 1.54) is 12.3 Å². The van der Waals surface area contributed by atoms with Crippen molar-refractivity contribution in [3.05, 3.63) is 18.0 Å². The van der Waals surface area contributed by atoms with Crippen molar-refractivity contribution < 1.29 is 13.2 Å². The summed E-state index contributed by atoms with van der Waals surface area (Å²) >= 11 is 0. The molecule has 7 nitrogen and oxygen atoms in total. The molecule has 1 heterocycles. The van der Waals surface area contributed by atoms with E-state index in [1.807, 2.05) is 6.92 Å². The first-order valence-corrected chi connectivity index (χ1v) is 7.90. The first-order valence-electron chi connectivity index (χ1n) is 6.42. The Hall–Kier alpha value is -1.38. The highest BCUT2D eigenvalue weighted by Crippen LogP contribution is 2.11. The van der Waals surface area contributed by atoms with Gasteiger partial charge in [0.25, 0.3) is 5.91 Å². The molecule has 1 aromatic heterocycles. The number of amides is 1. The highest BCUT2D eigenvalue weighted by molar-refractivity contribution is 7.89. The van der Waals surface area contributed by atoms with Crippen molar-refractivity contribution >= 4 is 15.9 Å². The zero-order chi connectivity index (χ0) is 15.3. The van der Waals surface area contributed by atoms with E-state index in [4.69, 9.17) is 0 Å². The molecule has 0 aliphatic carbocycles. The maximum absolute atomic E-state index is 11.9. The quantitative estimate of drug-likeness (QED) is 0.571. The molecule has 8 heteroatoms. The Balaban J connectivity index is 2.74. The lowest BCUT2D eigenvalue weighted by atomic mass is 10.3. The van der Waals surface area contributed by atoms with Crippen LogP contribution in [-0.4, -0.2) is 45.0 Å². The number of aromatic nitrogens is 1. The zero-order valence-corrected chi connectivity index (χ0v) is 13.0. The fourth-order valence-electron chi connectivity index (χ4n) is 1.48. The molecule has 1 aromatic rings. The molecule has 0 bridgehead atoms. The van der Waals surface area contributed by atoms with Gasteiger partial charge >= 0.3 is 0 Å². The summed E-state index contributed by atoms with van der Waals surface area (Å²) in [5, 5.41) is 5.70. The Morgan fingerprint density at radius 3 is 2.55 bits per heavy atom. The molecule has 0 fully saturated rings. The summed E-state index contributed by atoms with van der Waals surface area (Å²) < 4.78 is 26.3. The number of carbonyl (C=O) groups is 1. The van der Waals surface area contributed by atoms with Crippen LogP contribution in [0, 0.1) is 0 Å². The second-order valence-electron chi connectivity index (χ2n) is 4.92. The van der Waals surface area contributed by atoms with Gasteiger partial charge in [-0.2, -0.15) is 0 Å². The van der Waals surface area contributed by atoms with Crippen molar-refractivity contribution in [1.29, 1.82) is 0 Å². The average molecular weight is 302 g/mol. The van der Waals surface area contributed by atoms with E-state index in [0.29, 0.717) is 6.54 Å². The van der Waals surface area contributed by atoms with Crippen molar-refractivity contribution in [2.45, 2.75) is 37.8 Å². The molecule has 0 spiro atoms. The second-order valence-corrected chi connectivity index (χ2v) is 6.64. The number of hydrogen-bond donors (Lipinski definition) is 4. The average Bonchev–Trinajstić information content (AvgIpc) is 2.84. The SMILES string of the molecule is CNC(C)CNC(=O)c1cc(S(=O)(=O)NC(C)C)c[nH]1. The summed E-state index contributed by atoms with van der Waals surface area (Å²) in [6, 6.07) is 1.26. The fourth-order valence-corrected chi connectivity index (χ4v) is 2.73. The van der Waals surface area contributed by atoms with Gasteiger partial charge in [-0.1, -0.05) is 0 Å². The van der Waals surface area contributed by atoms with Gasteiger partial charge in [-0.25, -0.2) is 13.1 Å². The summed E-state index contributed by atoms with van der Waals surface area (Å²) in [5.41, 5.74) is 0.220. The number of likely N-dealkylation sites (N-methyl/N-ethyl adjacent to an activating group) is 1. The highest BCUT2D eigenvalue weighted by Gasteiger charge is 2.19. The molecule has 20 heavy (non-hydrogen) atoms. The van der Waals surface area contributed by atoms with Crippen LogP contribution in [0.15, 0.2) is 17.2 Å². The van der Waals surface area contributed by atoms with Crippen LogP contribution >= 0.6 is 0 Å². The Kier molecular flexibility index (Phi) is 5.73. The second kappa shape index (κ2) is 6.87. The lowest BCUT2D eigenvalue weighted by molar-refractivity contribution is 0.0946. The Morgan fingerprint density at radius 1 is 1.35 bits per heavy atom. The number of hydrogen-bond acceptors (Lipinski definition) is 4. The molecular formula is C12H22N4O3S. The Labute approximate surface area is 119 Å². The number of nitrogens with one attached hydrogen (secondary N) is 4. The van der Waals surface area contributed by atoms with Gasteiger partial charge in [0.2, 0.25) is 10.0 Å². The molecule has 0 aliphatic rings. The van der Waals surface area contributed by atoms with Gasteiger partial charge in [0.15, 0.2) is 0 Å². The van der Waals surface area contributed by atoms with Crippen LogP contribution < -0.4 is 15.4 Å². The maximum atomic E-state index is 11.9. The van der Waals surface area contributed by atoms with Crippen LogP contribution in [0.2, 0.25) is 0 Å². The van der Waals surface area contributed by atoms with Crippen molar-refractivity contribution in [1.82, 2.24) is 20.3 Å². The summed E-state index contributed by atoms with van der Waals surface area (Å²) in [5.74, 6) is -0.335. The Bertz CT molecular complexity index is 551. The van der Waals surface area contributed by atoms with Crippen molar-refractivity contribution in [2.75, 3.05) is 13.6 Å². The lowest BCUT2D eigenvalue weighted by Crippen LogP contribution is -2.37. The van der Waals surface area contributed by atoms with E-state index in [2.05, 4.69) is 20.3 Å². The van der Waals surface area contributed by atoms with Crippen molar-refractivity contribution in [3.63, 3.8) is 0 Å². The molecule has 1 unspecified atom stereocenters. The Morgan fingerprint density at radius 2 is 2.00 bits per heavy atom. The van der Waals surface area contributed by atoms with E-state index < -0.39 is 10.0 Å². The van der Waals surface area contributed by atoms with E-state index in [-0.39, 0.29) is 28.6 Å². The van der Waals surface area contributed by atoms with Crippen molar-refractivity contribution in [3.8, 4) is 0 Å². The van der Waals surface area contributed by atoms with Gasteiger partial charge < -0.3 is 15.6 Å². The number of aromatic amines is 1. The summed E-state index contributed by atoms with van der Waals surface area (Å²) in [4.78, 5) is 14.6. The fraction of sp³-hybridized carbons (Fsp3) is 0.583. The van der Waals surface area contributed by atoms with Gasteiger partial charge in [0.1, 0.15) is 10.6 Å². The standard InChI is InChI=1S/C12H22N4O3S/c1-8(2)16-20(18,19)10-5-11(14-7-10)12(17)15-6-9(3)13-4/h5,7-9,13-14,16H,6H2,1-4H3,(H,15,17). The van der Waals surface area contributed by atoms with E-state index >= 15 is 0 Å². The molecule has 0 aliphatic heterocycles. The predicted molar refractivity (Wildman–Crippen MR) is 77.1 cm³/mol.